The molecule has 0 aliphatic rings. The molecule has 0 saturated carbocycles. The van der Waals surface area contributed by atoms with E-state index in [1.54, 1.807) is 6.07 Å². The highest BCUT2D eigenvalue weighted by molar-refractivity contribution is 6.13. The second-order valence-corrected chi connectivity index (χ2v) is 8.57. The first-order valence-corrected chi connectivity index (χ1v) is 11.2. The number of aryl methyl sites for hydroxylation is 1. The van der Waals surface area contributed by atoms with Gasteiger partial charge in [0.25, 0.3) is 0 Å². The first-order valence-electron chi connectivity index (χ1n) is 12.7. The fourth-order valence-electron chi connectivity index (χ4n) is 4.66. The average molecular weight is 466 g/mol. The number of rotatable bonds is 3. The topological polar surface area (TPSA) is 17.0 Å². The van der Waals surface area contributed by atoms with Crippen molar-refractivity contribution in [3.8, 4) is 33.5 Å². The van der Waals surface area contributed by atoms with Gasteiger partial charge in [0, 0.05) is 22.9 Å². The lowest BCUT2D eigenvalue weighted by Crippen LogP contribution is -2.30. The molecule has 0 aliphatic carbocycles. The predicted octanol–water partition coefficient (Wildman–Crippen LogP) is 8.00. The van der Waals surface area contributed by atoms with Gasteiger partial charge in [-0.25, -0.2) is 13.3 Å². The van der Waals surface area contributed by atoms with E-state index in [1.165, 1.54) is 17.7 Å². The minimum Gasteiger partial charge on any atom is -0.454 e. The normalized spacial score (nSPS) is 12.6. The number of fused-ring (bicyclic) bond motifs is 3. The highest BCUT2D eigenvalue weighted by Crippen LogP contribution is 2.42. The van der Waals surface area contributed by atoms with Gasteiger partial charge in [-0.1, -0.05) is 60.7 Å². The van der Waals surface area contributed by atoms with E-state index in [-0.39, 0.29) is 11.9 Å². The molecular formula is C31H22F2NO+. The Morgan fingerprint density at radius 1 is 0.771 bits per heavy atom. The Hall–Kier alpha value is -4.31. The zero-order valence-electron chi connectivity index (χ0n) is 22.1. The van der Waals surface area contributed by atoms with Crippen LogP contribution in [-0.2, 0) is 7.05 Å². The number of pyridine rings is 1. The molecule has 6 aromatic rings. The Balaban J connectivity index is 1.67. The third-order valence-electron chi connectivity index (χ3n) is 6.36. The molecule has 0 spiro atoms. The summed E-state index contributed by atoms with van der Waals surface area (Å²) in [7, 11) is 1.52. The van der Waals surface area contributed by atoms with Crippen LogP contribution in [0.4, 0.5) is 8.78 Å². The summed E-state index contributed by atoms with van der Waals surface area (Å²) in [6, 6.07) is 23.1. The summed E-state index contributed by atoms with van der Waals surface area (Å²) in [5, 5.41) is 1.36. The van der Waals surface area contributed by atoms with Crippen LogP contribution in [-0.4, -0.2) is 0 Å². The van der Waals surface area contributed by atoms with Crippen LogP contribution in [0.5, 0.6) is 0 Å². The molecular weight excluding hydrogens is 440 g/mol. The third-order valence-corrected chi connectivity index (χ3v) is 6.36. The summed E-state index contributed by atoms with van der Waals surface area (Å²) in [6.07, 6.45) is -0.356. The summed E-state index contributed by atoms with van der Waals surface area (Å²) in [5.41, 5.74) is 4.87. The smallest absolute Gasteiger partial charge is 0.219 e. The Morgan fingerprint density at radius 2 is 1.46 bits per heavy atom. The van der Waals surface area contributed by atoms with Crippen molar-refractivity contribution in [3.05, 3.63) is 114 Å². The molecule has 0 radical (unpaired) electrons. The van der Waals surface area contributed by atoms with Gasteiger partial charge >= 0.3 is 0 Å². The summed E-state index contributed by atoms with van der Waals surface area (Å²) < 4.78 is 62.4. The van der Waals surface area contributed by atoms with Crippen molar-refractivity contribution >= 4 is 21.9 Å². The highest BCUT2D eigenvalue weighted by Gasteiger charge is 2.23. The van der Waals surface area contributed by atoms with Crippen molar-refractivity contribution in [3.63, 3.8) is 0 Å². The van der Waals surface area contributed by atoms with E-state index in [1.807, 2.05) is 73.7 Å². The predicted molar refractivity (Wildman–Crippen MR) is 136 cm³/mol. The van der Waals surface area contributed by atoms with Crippen molar-refractivity contribution < 1.29 is 21.9 Å². The maximum Gasteiger partial charge on any atom is 0.219 e. The maximum atomic E-state index is 15.5. The molecule has 0 saturated heterocycles. The molecule has 0 atom stereocenters. The Bertz CT molecular complexity index is 1870. The maximum absolute atomic E-state index is 15.5. The van der Waals surface area contributed by atoms with E-state index >= 15 is 4.39 Å². The van der Waals surface area contributed by atoms with Crippen molar-refractivity contribution in [2.75, 3.05) is 0 Å². The molecule has 2 heterocycles. The van der Waals surface area contributed by atoms with Crippen molar-refractivity contribution in [1.29, 1.82) is 0 Å². The number of hydrogen-bond acceptors (Lipinski definition) is 1. The second-order valence-electron chi connectivity index (χ2n) is 8.57. The molecule has 0 unspecified atom stereocenters. The summed E-state index contributed by atoms with van der Waals surface area (Å²) in [5.74, 6) is -1.51. The van der Waals surface area contributed by atoms with E-state index in [0.29, 0.717) is 44.2 Å². The Kier molecular flexibility index (Phi) is 4.22. The SMILES string of the molecule is [2H]c1c(F)c([2H])c(-c2c(C)ccc3c2oc2c(-c4cccc(-c5ccccc5)c4)c(F)ccc23)[n+](C)c1[2H]. The molecule has 170 valence electrons. The zero-order chi connectivity index (χ0) is 26.7. The van der Waals surface area contributed by atoms with Gasteiger partial charge in [-0.05, 0) is 47.4 Å². The first kappa shape index (κ1) is 18.1. The molecule has 35 heavy (non-hydrogen) atoms. The second kappa shape index (κ2) is 8.17. The van der Waals surface area contributed by atoms with Crippen LogP contribution in [0, 0.1) is 18.6 Å². The summed E-state index contributed by atoms with van der Waals surface area (Å²) in [4.78, 5) is 0. The molecule has 0 N–H and O–H groups in total. The highest BCUT2D eigenvalue weighted by atomic mass is 19.1. The summed E-state index contributed by atoms with van der Waals surface area (Å²) in [6.45, 7) is 1.81. The fraction of sp³-hybridized carbons (Fsp3) is 0.0645. The van der Waals surface area contributed by atoms with Crippen LogP contribution < -0.4 is 4.57 Å². The number of hydrogen-bond donors (Lipinski definition) is 0. The summed E-state index contributed by atoms with van der Waals surface area (Å²) >= 11 is 0. The largest absolute Gasteiger partial charge is 0.454 e. The number of aromatic nitrogens is 1. The molecule has 0 bridgehead atoms. The minimum atomic E-state index is -1.07. The lowest BCUT2D eigenvalue weighted by Gasteiger charge is -2.08. The molecule has 2 nitrogen and oxygen atoms in total. The molecule has 4 aromatic carbocycles. The fourth-order valence-corrected chi connectivity index (χ4v) is 4.66. The molecule has 0 amide bonds. The van der Waals surface area contributed by atoms with Crippen LogP contribution in [0.15, 0.2) is 102 Å². The van der Waals surface area contributed by atoms with E-state index in [2.05, 4.69) is 0 Å². The van der Waals surface area contributed by atoms with E-state index in [9.17, 15) is 4.39 Å². The van der Waals surface area contributed by atoms with Gasteiger partial charge in [-0.3, -0.25) is 0 Å². The quantitative estimate of drug-likeness (QED) is 0.242. The number of furan rings is 1. The number of nitrogens with zero attached hydrogens (tertiary/aromatic N) is 1. The zero-order valence-corrected chi connectivity index (χ0v) is 19.1. The van der Waals surface area contributed by atoms with E-state index < -0.39 is 23.7 Å². The monoisotopic (exact) mass is 465 g/mol. The van der Waals surface area contributed by atoms with Gasteiger partial charge in [0.1, 0.15) is 31.2 Å². The van der Waals surface area contributed by atoms with Gasteiger partial charge in [0.15, 0.2) is 6.17 Å². The first-order chi connectivity index (χ1) is 18.3. The molecule has 6 rings (SSSR count). The molecule has 4 heteroatoms. The third kappa shape index (κ3) is 3.50. The van der Waals surface area contributed by atoms with Crippen molar-refractivity contribution in [2.45, 2.75) is 6.92 Å². The molecule has 0 aliphatic heterocycles. The van der Waals surface area contributed by atoms with Gasteiger partial charge in [-0.15, -0.1) is 0 Å². The van der Waals surface area contributed by atoms with Crippen molar-refractivity contribution in [2.24, 2.45) is 7.05 Å². The van der Waals surface area contributed by atoms with Gasteiger partial charge in [0.05, 0.1) is 13.9 Å². The van der Waals surface area contributed by atoms with Crippen molar-refractivity contribution in [1.82, 2.24) is 0 Å². The number of benzene rings is 4. The van der Waals surface area contributed by atoms with Gasteiger partial charge < -0.3 is 4.42 Å². The van der Waals surface area contributed by atoms with E-state index in [4.69, 9.17) is 8.53 Å². The van der Waals surface area contributed by atoms with Crippen LogP contribution in [0.25, 0.3) is 55.4 Å². The standard InChI is InChI=1S/C31H22F2NO/c1-19-11-12-24-25-13-14-26(33)29(22-10-6-9-21(17-22)20-7-4-3-5-8-20)31(25)35-30(24)28(19)27-18-23(32)15-16-34(27)2/h3-18H,1-2H3/q+1/i15D,16D,18D. The average Bonchev–Trinajstić information content (AvgIpc) is 3.31. The van der Waals surface area contributed by atoms with Gasteiger partial charge in [0.2, 0.25) is 5.69 Å². The molecule has 2 aromatic heterocycles. The van der Waals surface area contributed by atoms with Crippen LogP contribution in [0.1, 0.15) is 9.68 Å². The molecule has 0 fully saturated rings. The number of halogens is 2. The minimum absolute atomic E-state index is 0.124. The Labute approximate surface area is 205 Å². The van der Waals surface area contributed by atoms with Crippen LogP contribution in [0.2, 0.25) is 0 Å². The lowest BCUT2D eigenvalue weighted by atomic mass is 9.96. The van der Waals surface area contributed by atoms with Gasteiger partial charge in [-0.2, -0.15) is 0 Å². The van der Waals surface area contributed by atoms with E-state index in [0.717, 1.165) is 11.1 Å². The lowest BCUT2D eigenvalue weighted by molar-refractivity contribution is -0.660. The van der Waals surface area contributed by atoms with Crippen LogP contribution >= 0.6 is 0 Å². The Morgan fingerprint density at radius 3 is 2.26 bits per heavy atom. The van der Waals surface area contributed by atoms with Crippen LogP contribution in [0.3, 0.4) is 0 Å².